The van der Waals surface area contributed by atoms with E-state index in [-0.39, 0.29) is 16.8 Å². The third-order valence-electron chi connectivity index (χ3n) is 3.03. The van der Waals surface area contributed by atoms with Gasteiger partial charge in [0, 0.05) is 5.56 Å². The van der Waals surface area contributed by atoms with Gasteiger partial charge in [0.15, 0.2) is 0 Å². The Labute approximate surface area is 138 Å². The van der Waals surface area contributed by atoms with Crippen LogP contribution >= 0.6 is 0 Å². The molecule has 9 heteroatoms. The number of rotatable bonds is 6. The average molecular weight is 349 g/mol. The second-order valence-corrected chi connectivity index (χ2v) is 5.93. The Morgan fingerprint density at radius 2 is 2.00 bits per heavy atom. The van der Waals surface area contributed by atoms with Crippen molar-refractivity contribution in [2.45, 2.75) is 4.90 Å². The topological polar surface area (TPSA) is 128 Å². The van der Waals surface area contributed by atoms with Crippen LogP contribution in [0.2, 0.25) is 0 Å². The van der Waals surface area contributed by atoms with Crippen LogP contribution in [0.3, 0.4) is 0 Å². The molecule has 2 aromatic carbocycles. The van der Waals surface area contributed by atoms with Crippen LogP contribution in [0.25, 0.3) is 0 Å². The number of benzene rings is 2. The predicted molar refractivity (Wildman–Crippen MR) is 85.6 cm³/mol. The van der Waals surface area contributed by atoms with Gasteiger partial charge in [-0.05, 0) is 24.3 Å². The number of anilines is 1. The molecule has 2 rings (SSSR count). The molecule has 2 N–H and O–H groups in total. The van der Waals surface area contributed by atoms with Gasteiger partial charge in [0.2, 0.25) is 0 Å². The molecule has 24 heavy (non-hydrogen) atoms. The summed E-state index contributed by atoms with van der Waals surface area (Å²) in [6.45, 7) is 0. The van der Waals surface area contributed by atoms with Crippen molar-refractivity contribution in [1.29, 1.82) is 0 Å². The Morgan fingerprint density at radius 1 is 1.29 bits per heavy atom. The minimum atomic E-state index is -4.64. The highest BCUT2D eigenvalue weighted by Crippen LogP contribution is 2.22. The average Bonchev–Trinajstić information content (AvgIpc) is 2.54. The summed E-state index contributed by atoms with van der Waals surface area (Å²) in [6, 6.07) is 9.85. The molecule has 0 atom stereocenters. The first kappa shape index (κ1) is 17.4. The number of ether oxygens (including phenoxy) is 1. The fourth-order valence-electron chi connectivity index (χ4n) is 1.91. The molecule has 8 nitrogen and oxygen atoms in total. The van der Waals surface area contributed by atoms with Gasteiger partial charge in [-0.1, -0.05) is 18.2 Å². The number of nitrogens with one attached hydrogen (secondary N) is 1. The van der Waals surface area contributed by atoms with Crippen LogP contribution in [-0.4, -0.2) is 37.4 Å². The predicted octanol–water partition coefficient (Wildman–Crippen LogP) is 1.74. The second kappa shape index (κ2) is 7.11. The van der Waals surface area contributed by atoms with Crippen LogP contribution in [0, 0.1) is 0 Å². The first-order valence-corrected chi connectivity index (χ1v) is 7.99. The second-order valence-electron chi connectivity index (χ2n) is 4.58. The minimum Gasteiger partial charge on any atom is -0.744 e. The summed E-state index contributed by atoms with van der Waals surface area (Å²) in [5.41, 5.74) is 2.71. The van der Waals surface area contributed by atoms with Crippen LogP contribution in [-0.2, 0) is 10.1 Å². The van der Waals surface area contributed by atoms with E-state index in [1.807, 2.05) is 0 Å². The van der Waals surface area contributed by atoms with Crippen molar-refractivity contribution in [1.82, 2.24) is 0 Å². The summed E-state index contributed by atoms with van der Waals surface area (Å²) in [5.74, 6) is -0.821. The zero-order valence-electron chi connectivity index (χ0n) is 12.5. The number of nitrogens with zero attached hydrogens (tertiary/aromatic N) is 1. The largest absolute Gasteiger partial charge is 0.744 e. The van der Waals surface area contributed by atoms with Gasteiger partial charge in [-0.25, -0.2) is 13.2 Å². The molecule has 0 heterocycles. The Morgan fingerprint density at radius 3 is 2.62 bits per heavy atom. The van der Waals surface area contributed by atoms with E-state index in [9.17, 15) is 22.9 Å². The maximum atomic E-state index is 11.2. The standard InChI is InChI=1S/C15H14N2O6S/c1-23-11-6-7-13(12(8-11)15(18)19)17-16-9-10-4-2-3-5-14(10)24(20,21)22/h2-9,17H,1H3,(H,18,19)(H,20,21,22)/p-1/b16-9-. The lowest BCUT2D eigenvalue weighted by Gasteiger charge is -2.10. The van der Waals surface area contributed by atoms with Gasteiger partial charge in [-0.15, -0.1) is 0 Å². The molecule has 126 valence electrons. The summed E-state index contributed by atoms with van der Waals surface area (Å²) in [7, 11) is -3.23. The number of hydrazone groups is 1. The smallest absolute Gasteiger partial charge is 0.338 e. The molecule has 0 radical (unpaired) electrons. The SMILES string of the molecule is COc1ccc(N/N=C\c2ccccc2S(=O)(=O)[O-])c(C(=O)O)c1. The van der Waals surface area contributed by atoms with Crippen molar-refractivity contribution in [3.05, 3.63) is 53.6 Å². The first-order chi connectivity index (χ1) is 11.3. The van der Waals surface area contributed by atoms with E-state index in [4.69, 9.17) is 4.74 Å². The molecule has 0 fully saturated rings. The summed E-state index contributed by atoms with van der Waals surface area (Å²) < 4.78 is 38.5. The zero-order chi connectivity index (χ0) is 17.7. The lowest BCUT2D eigenvalue weighted by molar-refractivity contribution is 0.0697. The zero-order valence-corrected chi connectivity index (χ0v) is 13.3. The van der Waals surface area contributed by atoms with Crippen LogP contribution in [0.1, 0.15) is 15.9 Å². The van der Waals surface area contributed by atoms with Crippen molar-refractivity contribution in [2.24, 2.45) is 5.10 Å². The molecule has 0 saturated carbocycles. The van der Waals surface area contributed by atoms with Crippen molar-refractivity contribution in [2.75, 3.05) is 12.5 Å². The van der Waals surface area contributed by atoms with Crippen LogP contribution in [0.15, 0.2) is 52.5 Å². The van der Waals surface area contributed by atoms with E-state index >= 15 is 0 Å². The molecular weight excluding hydrogens is 336 g/mol. The summed E-state index contributed by atoms with van der Waals surface area (Å²) in [6.07, 6.45) is 1.13. The molecule has 0 unspecified atom stereocenters. The van der Waals surface area contributed by atoms with Gasteiger partial charge in [0.25, 0.3) is 0 Å². The van der Waals surface area contributed by atoms with E-state index in [0.29, 0.717) is 5.75 Å². The first-order valence-electron chi connectivity index (χ1n) is 6.58. The number of methoxy groups -OCH3 is 1. The number of carboxylic acid groups (broad SMARTS) is 1. The molecule has 0 aliphatic carbocycles. The fraction of sp³-hybridized carbons (Fsp3) is 0.0667. The number of hydrogen-bond donors (Lipinski definition) is 2. The maximum absolute atomic E-state index is 11.2. The van der Waals surface area contributed by atoms with Crippen LogP contribution < -0.4 is 10.2 Å². The Bertz CT molecular complexity index is 893. The number of hydrogen-bond acceptors (Lipinski definition) is 7. The highest BCUT2D eigenvalue weighted by atomic mass is 32.2. The van der Waals surface area contributed by atoms with Crippen molar-refractivity contribution in [3.8, 4) is 5.75 Å². The minimum absolute atomic E-state index is 0.0729. The number of carboxylic acids is 1. The van der Waals surface area contributed by atoms with Gasteiger partial charge in [0.05, 0.1) is 29.5 Å². The lowest BCUT2D eigenvalue weighted by Crippen LogP contribution is -2.05. The monoisotopic (exact) mass is 349 g/mol. The maximum Gasteiger partial charge on any atom is 0.338 e. The van der Waals surface area contributed by atoms with Gasteiger partial charge in [0.1, 0.15) is 15.9 Å². The fourth-order valence-corrected chi connectivity index (χ4v) is 2.57. The van der Waals surface area contributed by atoms with Crippen molar-refractivity contribution >= 4 is 28.0 Å². The third-order valence-corrected chi connectivity index (χ3v) is 3.94. The molecule has 2 aromatic rings. The molecule has 0 saturated heterocycles. The highest BCUT2D eigenvalue weighted by Gasteiger charge is 2.11. The molecule has 0 aliphatic heterocycles. The van der Waals surface area contributed by atoms with E-state index in [2.05, 4.69) is 10.5 Å². The number of aromatic carboxylic acids is 1. The Kier molecular flexibility index (Phi) is 5.17. The van der Waals surface area contributed by atoms with Crippen molar-refractivity contribution < 1.29 is 27.6 Å². The van der Waals surface area contributed by atoms with E-state index in [0.717, 1.165) is 6.21 Å². The highest BCUT2D eigenvalue weighted by molar-refractivity contribution is 7.85. The van der Waals surface area contributed by atoms with E-state index in [1.54, 1.807) is 12.1 Å². The Balaban J connectivity index is 2.29. The van der Waals surface area contributed by atoms with Gasteiger partial charge >= 0.3 is 5.97 Å². The van der Waals surface area contributed by atoms with E-state index < -0.39 is 21.0 Å². The van der Waals surface area contributed by atoms with E-state index in [1.165, 1.54) is 37.4 Å². The van der Waals surface area contributed by atoms with Gasteiger partial charge in [-0.2, -0.15) is 5.10 Å². The van der Waals surface area contributed by atoms with Gasteiger partial charge in [-0.3, -0.25) is 5.43 Å². The Hall–Kier alpha value is -2.91. The van der Waals surface area contributed by atoms with Crippen LogP contribution in [0.4, 0.5) is 5.69 Å². The van der Waals surface area contributed by atoms with Crippen LogP contribution in [0.5, 0.6) is 5.75 Å². The summed E-state index contributed by atoms with van der Waals surface area (Å²) in [4.78, 5) is 10.8. The summed E-state index contributed by atoms with van der Waals surface area (Å²) >= 11 is 0. The van der Waals surface area contributed by atoms with Gasteiger partial charge < -0.3 is 14.4 Å². The molecular formula is C15H13N2O6S-. The number of carbonyl (C=O) groups is 1. The third kappa shape index (κ3) is 4.09. The molecule has 0 aliphatic rings. The molecule has 0 bridgehead atoms. The summed E-state index contributed by atoms with van der Waals surface area (Å²) in [5, 5.41) is 13.0. The quantitative estimate of drug-likeness (QED) is 0.462. The molecule has 0 aromatic heterocycles. The molecule has 0 amide bonds. The van der Waals surface area contributed by atoms with Crippen molar-refractivity contribution in [3.63, 3.8) is 0 Å². The molecule has 0 spiro atoms. The normalized spacial score (nSPS) is 11.4. The lowest BCUT2D eigenvalue weighted by atomic mass is 10.1.